The molecule has 0 bridgehead atoms. The Kier molecular flexibility index (Phi) is 6.24. The van der Waals surface area contributed by atoms with Crippen molar-refractivity contribution in [1.29, 1.82) is 0 Å². The Morgan fingerprint density at radius 1 is 1.26 bits per heavy atom. The highest BCUT2D eigenvalue weighted by molar-refractivity contribution is 6.33. The number of amides is 1. The van der Waals surface area contributed by atoms with Gasteiger partial charge in [-0.25, -0.2) is 0 Å². The third kappa shape index (κ3) is 4.73. The van der Waals surface area contributed by atoms with Gasteiger partial charge in [-0.2, -0.15) is 0 Å². The second-order valence-electron chi connectivity index (χ2n) is 6.82. The highest BCUT2D eigenvalue weighted by Crippen LogP contribution is 2.43. The first kappa shape index (κ1) is 19.5. The van der Waals surface area contributed by atoms with Crippen LogP contribution in [0.15, 0.2) is 42.5 Å². The van der Waals surface area contributed by atoms with Gasteiger partial charge in [-0.05, 0) is 30.9 Å². The van der Waals surface area contributed by atoms with Crippen LogP contribution in [-0.4, -0.2) is 30.3 Å². The molecule has 144 valence electrons. The Morgan fingerprint density at radius 3 is 2.67 bits per heavy atom. The van der Waals surface area contributed by atoms with Gasteiger partial charge in [0.05, 0.1) is 24.3 Å². The zero-order valence-electron chi connectivity index (χ0n) is 15.4. The molecule has 1 aliphatic heterocycles. The number of phenols is 1. The van der Waals surface area contributed by atoms with Crippen molar-refractivity contribution in [1.82, 2.24) is 5.32 Å². The van der Waals surface area contributed by atoms with E-state index in [9.17, 15) is 9.90 Å². The lowest BCUT2D eigenvalue weighted by atomic mass is 9.91. The van der Waals surface area contributed by atoms with Crippen molar-refractivity contribution in [2.45, 2.75) is 44.4 Å². The summed E-state index contributed by atoms with van der Waals surface area (Å²) >= 11 is 6.37. The third-order valence-electron chi connectivity index (χ3n) is 4.79. The van der Waals surface area contributed by atoms with Crippen LogP contribution in [0.2, 0.25) is 5.02 Å². The van der Waals surface area contributed by atoms with Crippen LogP contribution in [0.4, 0.5) is 0 Å². The summed E-state index contributed by atoms with van der Waals surface area (Å²) in [4.78, 5) is 11.6. The molecule has 1 amide bonds. The standard InChI is InChI=1S/C21H24ClNO4/c1-13(24)23-15-11-16(10-14-6-4-3-5-7-14)27-19(12-15)17-8-9-18(26-2)21(25)20(17)22/h3-9,15-16,19,25H,10-12H2,1-2H3,(H,23,24)/t15-,16+,19+/m1/s1. The lowest BCUT2D eigenvalue weighted by Crippen LogP contribution is -2.42. The zero-order valence-corrected chi connectivity index (χ0v) is 16.2. The highest BCUT2D eigenvalue weighted by Gasteiger charge is 2.33. The fourth-order valence-corrected chi connectivity index (χ4v) is 3.88. The molecule has 0 unspecified atom stereocenters. The first-order chi connectivity index (χ1) is 13.0. The van der Waals surface area contributed by atoms with Crippen molar-refractivity contribution in [3.8, 4) is 11.5 Å². The second-order valence-corrected chi connectivity index (χ2v) is 7.20. The van der Waals surface area contributed by atoms with Gasteiger partial charge in [0.25, 0.3) is 0 Å². The molecule has 27 heavy (non-hydrogen) atoms. The number of carbonyl (C=O) groups excluding carboxylic acids is 1. The lowest BCUT2D eigenvalue weighted by Gasteiger charge is -2.36. The van der Waals surface area contributed by atoms with Gasteiger partial charge in [-0.1, -0.05) is 48.0 Å². The van der Waals surface area contributed by atoms with Gasteiger partial charge in [0.1, 0.15) is 0 Å². The summed E-state index contributed by atoms with van der Waals surface area (Å²) in [6.07, 6.45) is 1.67. The fourth-order valence-electron chi connectivity index (χ4n) is 3.61. The molecule has 2 N–H and O–H groups in total. The number of rotatable bonds is 5. The monoisotopic (exact) mass is 389 g/mol. The minimum absolute atomic E-state index is 0.0183. The number of ether oxygens (including phenoxy) is 2. The summed E-state index contributed by atoms with van der Waals surface area (Å²) in [5.41, 5.74) is 1.87. The topological polar surface area (TPSA) is 67.8 Å². The molecule has 6 heteroatoms. The van der Waals surface area contributed by atoms with Crippen LogP contribution >= 0.6 is 11.6 Å². The molecule has 0 saturated carbocycles. The molecule has 0 spiro atoms. The minimum atomic E-state index is -0.325. The summed E-state index contributed by atoms with van der Waals surface area (Å²) in [5.74, 6) is 0.156. The maximum Gasteiger partial charge on any atom is 0.217 e. The Balaban J connectivity index is 1.85. The molecule has 0 aromatic heterocycles. The number of methoxy groups -OCH3 is 1. The summed E-state index contributed by atoms with van der Waals surface area (Å²) in [7, 11) is 1.48. The van der Waals surface area contributed by atoms with Crippen LogP contribution < -0.4 is 10.1 Å². The fraction of sp³-hybridized carbons (Fsp3) is 0.381. The Morgan fingerprint density at radius 2 is 2.00 bits per heavy atom. The van der Waals surface area contributed by atoms with Gasteiger partial charge in [-0.15, -0.1) is 0 Å². The molecular formula is C21H24ClNO4. The van der Waals surface area contributed by atoms with Gasteiger partial charge >= 0.3 is 0 Å². The van der Waals surface area contributed by atoms with E-state index in [1.54, 1.807) is 12.1 Å². The molecule has 3 atom stereocenters. The number of hydrogen-bond acceptors (Lipinski definition) is 4. The predicted octanol–water partition coefficient (Wildman–Crippen LogP) is 4.02. The maximum atomic E-state index is 11.6. The molecule has 1 saturated heterocycles. The van der Waals surface area contributed by atoms with Crippen molar-refractivity contribution in [3.63, 3.8) is 0 Å². The molecular weight excluding hydrogens is 366 g/mol. The second kappa shape index (κ2) is 8.63. The third-order valence-corrected chi connectivity index (χ3v) is 5.19. The number of phenolic OH excluding ortho intramolecular Hbond substituents is 1. The average molecular weight is 390 g/mol. The van der Waals surface area contributed by atoms with E-state index < -0.39 is 0 Å². The van der Waals surface area contributed by atoms with E-state index in [2.05, 4.69) is 17.4 Å². The number of nitrogens with one attached hydrogen (secondary N) is 1. The summed E-state index contributed by atoms with van der Waals surface area (Å²) in [6, 6.07) is 13.6. The number of aromatic hydroxyl groups is 1. The Labute approximate surface area is 164 Å². The molecule has 2 aromatic carbocycles. The van der Waals surface area contributed by atoms with Crippen molar-refractivity contribution < 1.29 is 19.4 Å². The van der Waals surface area contributed by atoms with E-state index in [4.69, 9.17) is 21.1 Å². The van der Waals surface area contributed by atoms with E-state index in [1.165, 1.54) is 19.6 Å². The molecule has 1 aliphatic rings. The van der Waals surface area contributed by atoms with Crippen molar-refractivity contribution >= 4 is 17.5 Å². The van der Waals surface area contributed by atoms with Gasteiger partial charge in [0.15, 0.2) is 11.5 Å². The minimum Gasteiger partial charge on any atom is -0.503 e. The van der Waals surface area contributed by atoms with E-state index in [0.717, 1.165) is 12.8 Å². The quantitative estimate of drug-likeness (QED) is 0.810. The largest absolute Gasteiger partial charge is 0.503 e. The molecule has 5 nitrogen and oxygen atoms in total. The van der Waals surface area contributed by atoms with Crippen LogP contribution in [0.3, 0.4) is 0 Å². The molecule has 0 radical (unpaired) electrons. The van der Waals surface area contributed by atoms with Crippen LogP contribution in [0.1, 0.15) is 37.0 Å². The van der Waals surface area contributed by atoms with Crippen molar-refractivity contribution in [2.24, 2.45) is 0 Å². The Bertz CT molecular complexity index is 796. The summed E-state index contributed by atoms with van der Waals surface area (Å²) in [5, 5.41) is 13.5. The van der Waals surface area contributed by atoms with Crippen LogP contribution in [-0.2, 0) is 16.0 Å². The molecule has 1 fully saturated rings. The molecule has 2 aromatic rings. The Hall–Kier alpha value is -2.24. The van der Waals surface area contributed by atoms with E-state index >= 15 is 0 Å². The number of halogens is 1. The van der Waals surface area contributed by atoms with E-state index in [0.29, 0.717) is 17.7 Å². The first-order valence-corrected chi connectivity index (χ1v) is 9.37. The van der Waals surface area contributed by atoms with Gasteiger partial charge in [0.2, 0.25) is 5.91 Å². The number of hydrogen-bond donors (Lipinski definition) is 2. The normalized spacial score (nSPS) is 22.3. The SMILES string of the molecule is COc1ccc([C@@H]2C[C@H](NC(C)=O)C[C@H](Cc3ccccc3)O2)c(Cl)c1O. The van der Waals surface area contributed by atoms with Crippen LogP contribution in [0.5, 0.6) is 11.5 Å². The first-order valence-electron chi connectivity index (χ1n) is 8.99. The van der Waals surface area contributed by atoms with Crippen molar-refractivity contribution in [3.05, 3.63) is 58.6 Å². The zero-order chi connectivity index (χ0) is 19.4. The van der Waals surface area contributed by atoms with Gasteiger partial charge < -0.3 is 19.9 Å². The molecule has 3 rings (SSSR count). The molecule has 1 heterocycles. The predicted molar refractivity (Wildman–Crippen MR) is 104 cm³/mol. The smallest absolute Gasteiger partial charge is 0.217 e. The van der Waals surface area contributed by atoms with E-state index in [-0.39, 0.29) is 34.9 Å². The van der Waals surface area contributed by atoms with Crippen LogP contribution in [0.25, 0.3) is 0 Å². The summed E-state index contributed by atoms with van der Waals surface area (Å²) < 4.78 is 11.4. The van der Waals surface area contributed by atoms with E-state index in [1.807, 2.05) is 18.2 Å². The van der Waals surface area contributed by atoms with Crippen molar-refractivity contribution in [2.75, 3.05) is 7.11 Å². The lowest BCUT2D eigenvalue weighted by molar-refractivity contribution is -0.122. The number of carbonyl (C=O) groups is 1. The highest BCUT2D eigenvalue weighted by atomic mass is 35.5. The maximum absolute atomic E-state index is 11.6. The average Bonchev–Trinajstić information content (AvgIpc) is 2.64. The summed E-state index contributed by atoms with van der Waals surface area (Å²) in [6.45, 7) is 1.52. The van der Waals surface area contributed by atoms with Gasteiger partial charge in [0, 0.05) is 18.5 Å². The number of benzene rings is 2. The van der Waals surface area contributed by atoms with Gasteiger partial charge in [-0.3, -0.25) is 4.79 Å². The van der Waals surface area contributed by atoms with Crippen LogP contribution in [0, 0.1) is 0 Å². The molecule has 0 aliphatic carbocycles.